The normalized spacial score (nSPS) is 12.7. The van der Waals surface area contributed by atoms with Crippen LogP contribution in [-0.4, -0.2) is 13.0 Å². The fraction of sp³-hybridized carbons (Fsp3) is 0.0741. The van der Waals surface area contributed by atoms with Crippen LogP contribution in [0.1, 0.15) is 15.9 Å². The second kappa shape index (κ2) is 7.53. The van der Waals surface area contributed by atoms with Crippen LogP contribution in [0.5, 0.6) is 0 Å². The predicted molar refractivity (Wildman–Crippen MR) is 123 cm³/mol. The molecular weight excluding hydrogens is 368 g/mol. The summed E-state index contributed by atoms with van der Waals surface area (Å²) in [7, 11) is 2.06. The molecule has 0 saturated carbocycles. The zero-order valence-corrected chi connectivity index (χ0v) is 16.8. The molecule has 0 aromatic heterocycles. The second-order valence-corrected chi connectivity index (χ2v) is 7.51. The highest BCUT2D eigenvalue weighted by Gasteiger charge is 2.27. The van der Waals surface area contributed by atoms with E-state index in [1.165, 1.54) is 0 Å². The predicted octanol–water partition coefficient (Wildman–Crippen LogP) is 6.28. The zero-order valence-electron chi connectivity index (χ0n) is 16.8. The topological polar surface area (TPSA) is 23.6 Å². The Morgan fingerprint density at radius 3 is 1.93 bits per heavy atom. The molecule has 0 atom stereocenters. The van der Waals surface area contributed by atoms with Gasteiger partial charge in [-0.15, -0.1) is 0 Å². The Kier molecular flexibility index (Phi) is 4.56. The Morgan fingerprint density at radius 2 is 1.20 bits per heavy atom. The number of para-hydroxylation sites is 3. The lowest BCUT2D eigenvalue weighted by Crippen LogP contribution is -2.30. The van der Waals surface area contributed by atoms with E-state index in [9.17, 15) is 4.79 Å². The van der Waals surface area contributed by atoms with E-state index in [1.54, 1.807) is 0 Å². The summed E-state index contributed by atoms with van der Waals surface area (Å²) in [6.45, 7) is 0.538. The first kappa shape index (κ1) is 18.2. The maximum Gasteiger partial charge on any atom is 0.258 e. The van der Waals surface area contributed by atoms with Gasteiger partial charge in [0, 0.05) is 18.3 Å². The molecule has 1 amide bonds. The summed E-state index contributed by atoms with van der Waals surface area (Å²) in [5, 5.41) is 0. The smallest absolute Gasteiger partial charge is 0.258 e. The van der Waals surface area contributed by atoms with Gasteiger partial charge in [-0.1, -0.05) is 72.8 Å². The van der Waals surface area contributed by atoms with Crippen LogP contribution in [0.2, 0.25) is 0 Å². The van der Waals surface area contributed by atoms with Crippen molar-refractivity contribution in [3.8, 4) is 11.1 Å². The van der Waals surface area contributed by atoms with E-state index in [2.05, 4.69) is 42.3 Å². The average molecular weight is 390 g/mol. The van der Waals surface area contributed by atoms with Crippen LogP contribution in [0.3, 0.4) is 0 Å². The first-order valence-corrected chi connectivity index (χ1v) is 10.1. The van der Waals surface area contributed by atoms with Crippen LogP contribution in [0.4, 0.5) is 17.1 Å². The number of amides is 1. The van der Waals surface area contributed by atoms with E-state index >= 15 is 0 Å². The molecule has 3 heteroatoms. The molecule has 0 N–H and O–H groups in total. The summed E-state index contributed by atoms with van der Waals surface area (Å²) in [6.07, 6.45) is 0. The molecule has 0 radical (unpaired) electrons. The van der Waals surface area contributed by atoms with Crippen molar-refractivity contribution in [1.82, 2.24) is 0 Å². The number of carbonyl (C=O) groups is 1. The molecule has 5 rings (SSSR count). The van der Waals surface area contributed by atoms with Gasteiger partial charge < -0.3 is 9.80 Å². The third-order valence-corrected chi connectivity index (χ3v) is 5.70. The van der Waals surface area contributed by atoms with Gasteiger partial charge >= 0.3 is 0 Å². The second-order valence-electron chi connectivity index (χ2n) is 7.51. The number of hydrogen-bond acceptors (Lipinski definition) is 2. The minimum absolute atomic E-state index is 0.00663. The Morgan fingerprint density at radius 1 is 0.633 bits per heavy atom. The van der Waals surface area contributed by atoms with Crippen molar-refractivity contribution >= 4 is 23.0 Å². The van der Waals surface area contributed by atoms with E-state index in [4.69, 9.17) is 0 Å². The van der Waals surface area contributed by atoms with Crippen molar-refractivity contribution in [2.24, 2.45) is 0 Å². The van der Waals surface area contributed by atoms with Crippen LogP contribution in [-0.2, 0) is 6.54 Å². The number of benzene rings is 4. The SMILES string of the molecule is CN1c2ccccc2CN(C(=O)c2ccc(-c3ccccc3)cc2)c2ccccc21. The van der Waals surface area contributed by atoms with E-state index in [-0.39, 0.29) is 5.91 Å². The molecule has 1 aliphatic heterocycles. The van der Waals surface area contributed by atoms with Gasteiger partial charge in [-0.2, -0.15) is 0 Å². The first-order valence-electron chi connectivity index (χ1n) is 10.1. The van der Waals surface area contributed by atoms with Crippen LogP contribution < -0.4 is 9.80 Å². The molecule has 4 aromatic carbocycles. The minimum atomic E-state index is 0.00663. The van der Waals surface area contributed by atoms with Gasteiger partial charge in [0.25, 0.3) is 5.91 Å². The van der Waals surface area contributed by atoms with E-state index in [0.717, 1.165) is 33.8 Å². The number of anilines is 3. The summed E-state index contributed by atoms with van der Waals surface area (Å²) in [5.41, 5.74) is 7.14. The van der Waals surface area contributed by atoms with E-state index in [0.29, 0.717) is 12.1 Å². The maximum atomic E-state index is 13.6. The van der Waals surface area contributed by atoms with Crippen molar-refractivity contribution in [3.05, 3.63) is 114 Å². The van der Waals surface area contributed by atoms with Gasteiger partial charge in [0.2, 0.25) is 0 Å². The molecule has 146 valence electrons. The highest BCUT2D eigenvalue weighted by molar-refractivity contribution is 6.08. The van der Waals surface area contributed by atoms with Gasteiger partial charge in [-0.05, 0) is 47.0 Å². The fourth-order valence-corrected chi connectivity index (χ4v) is 4.11. The summed E-state index contributed by atoms with van der Waals surface area (Å²) in [5.74, 6) is 0.00663. The van der Waals surface area contributed by atoms with Crippen LogP contribution in [0.15, 0.2) is 103 Å². The molecule has 1 heterocycles. The standard InChI is InChI=1S/C27H22N2O/c1-28-24-12-6-5-11-23(24)19-29(26-14-8-7-13-25(26)28)27(30)22-17-15-21(16-18-22)20-9-3-2-4-10-20/h2-18H,19H2,1H3. The molecule has 0 bridgehead atoms. The van der Waals surface area contributed by atoms with E-state index in [1.807, 2.05) is 77.7 Å². The molecule has 4 aromatic rings. The van der Waals surface area contributed by atoms with Crippen molar-refractivity contribution < 1.29 is 4.79 Å². The number of nitrogens with zero attached hydrogens (tertiary/aromatic N) is 2. The number of rotatable bonds is 2. The Hall–Kier alpha value is -3.85. The highest BCUT2D eigenvalue weighted by atomic mass is 16.2. The maximum absolute atomic E-state index is 13.6. The lowest BCUT2D eigenvalue weighted by atomic mass is 10.0. The van der Waals surface area contributed by atoms with Crippen molar-refractivity contribution in [1.29, 1.82) is 0 Å². The van der Waals surface area contributed by atoms with Gasteiger partial charge in [-0.25, -0.2) is 0 Å². The molecule has 0 spiro atoms. The largest absolute Gasteiger partial charge is 0.343 e. The molecule has 30 heavy (non-hydrogen) atoms. The van der Waals surface area contributed by atoms with Crippen LogP contribution in [0, 0.1) is 0 Å². The average Bonchev–Trinajstić information content (AvgIpc) is 2.94. The van der Waals surface area contributed by atoms with Crippen LogP contribution in [0.25, 0.3) is 11.1 Å². The van der Waals surface area contributed by atoms with Crippen molar-refractivity contribution in [2.75, 3.05) is 16.8 Å². The number of hydrogen-bond donors (Lipinski definition) is 0. The first-order chi connectivity index (χ1) is 14.7. The quantitative estimate of drug-likeness (QED) is 0.402. The summed E-state index contributed by atoms with van der Waals surface area (Å²) < 4.78 is 0. The molecule has 0 aliphatic carbocycles. The monoisotopic (exact) mass is 390 g/mol. The Labute approximate surface area is 176 Å². The Bertz CT molecular complexity index is 1200. The van der Waals surface area contributed by atoms with Gasteiger partial charge in [0.05, 0.1) is 17.9 Å². The van der Waals surface area contributed by atoms with Crippen molar-refractivity contribution in [2.45, 2.75) is 6.54 Å². The third kappa shape index (κ3) is 3.15. The molecule has 1 aliphatic rings. The Balaban J connectivity index is 1.54. The summed E-state index contributed by atoms with van der Waals surface area (Å²) in [6, 6.07) is 34.5. The van der Waals surface area contributed by atoms with Gasteiger partial charge in [0.15, 0.2) is 0 Å². The number of fused-ring (bicyclic) bond motifs is 2. The van der Waals surface area contributed by atoms with Gasteiger partial charge in [-0.3, -0.25) is 4.79 Å². The number of carbonyl (C=O) groups excluding carboxylic acids is 1. The third-order valence-electron chi connectivity index (χ3n) is 5.70. The summed E-state index contributed by atoms with van der Waals surface area (Å²) in [4.78, 5) is 17.6. The highest BCUT2D eigenvalue weighted by Crippen LogP contribution is 2.40. The van der Waals surface area contributed by atoms with Gasteiger partial charge in [0.1, 0.15) is 0 Å². The minimum Gasteiger partial charge on any atom is -0.343 e. The molecule has 0 unspecified atom stereocenters. The summed E-state index contributed by atoms with van der Waals surface area (Å²) >= 11 is 0. The van der Waals surface area contributed by atoms with E-state index < -0.39 is 0 Å². The lowest BCUT2D eigenvalue weighted by molar-refractivity contribution is 0.0985. The molecular formula is C27H22N2O. The molecule has 3 nitrogen and oxygen atoms in total. The van der Waals surface area contributed by atoms with Crippen molar-refractivity contribution in [3.63, 3.8) is 0 Å². The van der Waals surface area contributed by atoms with Crippen LogP contribution >= 0.6 is 0 Å². The molecule has 0 saturated heterocycles. The lowest BCUT2D eigenvalue weighted by Gasteiger charge is -2.24. The zero-order chi connectivity index (χ0) is 20.5. The fourth-order valence-electron chi connectivity index (χ4n) is 4.11. The molecule has 0 fully saturated rings.